The molecule has 0 radical (unpaired) electrons. The van der Waals surface area contributed by atoms with Gasteiger partial charge >= 0.3 is 0 Å². The summed E-state index contributed by atoms with van der Waals surface area (Å²) < 4.78 is 5.69. The average molecular weight is 302 g/mol. The van der Waals surface area contributed by atoms with Gasteiger partial charge in [-0.25, -0.2) is 0 Å². The Kier molecular flexibility index (Phi) is 5.03. The summed E-state index contributed by atoms with van der Waals surface area (Å²) in [7, 11) is 0. The molecular formula is C16H22N4O2. The Bertz CT molecular complexity index is 672. The maximum absolute atomic E-state index is 10.0. The predicted octanol–water partition coefficient (Wildman–Crippen LogP) is 1.11. The third-order valence-electron chi connectivity index (χ3n) is 3.50. The Hall–Kier alpha value is -2.07. The van der Waals surface area contributed by atoms with Gasteiger partial charge in [-0.1, -0.05) is 6.07 Å². The molecule has 5 N–H and O–H groups in total. The van der Waals surface area contributed by atoms with Crippen molar-refractivity contribution < 1.29 is 9.84 Å². The molecule has 118 valence electrons. The normalized spacial score (nSPS) is 13.0. The number of nitriles is 1. The molecule has 6 heteroatoms. The number of benzene rings is 1. The molecule has 0 saturated carbocycles. The molecule has 0 bridgehead atoms. The molecule has 0 fully saturated rings. The molecule has 0 aliphatic heterocycles. The molecule has 1 aromatic carbocycles. The van der Waals surface area contributed by atoms with Crippen LogP contribution in [0.5, 0.6) is 5.75 Å². The van der Waals surface area contributed by atoms with Crippen LogP contribution in [0.1, 0.15) is 19.5 Å². The first-order valence-electron chi connectivity index (χ1n) is 7.23. The number of nitrogens with zero attached hydrogens (tertiary/aromatic N) is 1. The van der Waals surface area contributed by atoms with Crippen molar-refractivity contribution in [3.8, 4) is 11.8 Å². The van der Waals surface area contributed by atoms with Crippen LogP contribution in [-0.4, -0.2) is 41.4 Å². The summed E-state index contributed by atoms with van der Waals surface area (Å²) in [5, 5.41) is 23.0. The minimum absolute atomic E-state index is 0.166. The number of aliphatic hydroxyl groups is 1. The van der Waals surface area contributed by atoms with Crippen molar-refractivity contribution in [1.29, 1.82) is 5.26 Å². The summed E-state index contributed by atoms with van der Waals surface area (Å²) in [6.07, 6.45) is -0.643. The molecular weight excluding hydrogens is 280 g/mol. The number of aromatic nitrogens is 1. The van der Waals surface area contributed by atoms with Crippen LogP contribution in [0.4, 0.5) is 0 Å². The molecule has 6 nitrogen and oxygen atoms in total. The molecule has 22 heavy (non-hydrogen) atoms. The molecule has 1 atom stereocenters. The standard InChI is InChI=1S/C16H22N4O2/c1-16(2,10-18)19-8-12(21)9-22-15-5-3-4-14-13(15)6-11(7-17)20-14/h3-6,12,19-21H,8-10,18H2,1-2H3. The quantitative estimate of drug-likeness (QED) is 0.613. The highest BCUT2D eigenvalue weighted by molar-refractivity contribution is 5.87. The van der Waals surface area contributed by atoms with Crippen molar-refractivity contribution in [3.05, 3.63) is 30.0 Å². The molecule has 1 aromatic heterocycles. The molecule has 0 amide bonds. The number of hydrogen-bond donors (Lipinski definition) is 4. The van der Waals surface area contributed by atoms with E-state index in [0.717, 1.165) is 10.9 Å². The first kappa shape index (κ1) is 16.3. The number of fused-ring (bicyclic) bond motifs is 1. The third-order valence-corrected chi connectivity index (χ3v) is 3.50. The minimum atomic E-state index is -0.643. The first-order chi connectivity index (χ1) is 10.4. The number of β-amino-alcohol motifs (C(OH)–C–C–N with tert-alkyl or cyclic N) is 1. The van der Waals surface area contributed by atoms with Crippen LogP contribution in [0.15, 0.2) is 24.3 Å². The van der Waals surface area contributed by atoms with E-state index < -0.39 is 6.10 Å². The second kappa shape index (κ2) is 6.79. The van der Waals surface area contributed by atoms with Gasteiger partial charge in [-0.05, 0) is 32.0 Å². The smallest absolute Gasteiger partial charge is 0.128 e. The molecule has 2 rings (SSSR count). The molecule has 2 aromatic rings. The van der Waals surface area contributed by atoms with E-state index >= 15 is 0 Å². The Balaban J connectivity index is 1.97. The topological polar surface area (TPSA) is 107 Å². The van der Waals surface area contributed by atoms with Crippen molar-refractivity contribution in [3.63, 3.8) is 0 Å². The summed E-state index contributed by atoms with van der Waals surface area (Å²) in [5.74, 6) is 0.646. The molecule has 0 saturated heterocycles. The summed E-state index contributed by atoms with van der Waals surface area (Å²) in [5.41, 5.74) is 6.73. The minimum Gasteiger partial charge on any atom is -0.490 e. The van der Waals surface area contributed by atoms with Crippen LogP contribution in [0.3, 0.4) is 0 Å². The maximum atomic E-state index is 10.0. The third kappa shape index (κ3) is 3.98. The average Bonchev–Trinajstić information content (AvgIpc) is 2.94. The van der Waals surface area contributed by atoms with Gasteiger partial charge in [-0.2, -0.15) is 5.26 Å². The van der Waals surface area contributed by atoms with Crippen LogP contribution < -0.4 is 15.8 Å². The molecule has 1 unspecified atom stereocenters. The van der Waals surface area contributed by atoms with E-state index in [1.54, 1.807) is 6.07 Å². The number of aliphatic hydroxyl groups excluding tert-OH is 1. The lowest BCUT2D eigenvalue weighted by molar-refractivity contribution is 0.100. The fraction of sp³-hybridized carbons (Fsp3) is 0.438. The van der Waals surface area contributed by atoms with Gasteiger partial charge < -0.3 is 25.9 Å². The fourth-order valence-corrected chi connectivity index (χ4v) is 2.02. The van der Waals surface area contributed by atoms with E-state index in [9.17, 15) is 5.11 Å². The van der Waals surface area contributed by atoms with Crippen LogP contribution in [-0.2, 0) is 0 Å². The summed E-state index contributed by atoms with van der Waals surface area (Å²) in [6.45, 7) is 5.01. The highest BCUT2D eigenvalue weighted by Crippen LogP contribution is 2.26. The van der Waals surface area contributed by atoms with Crippen molar-refractivity contribution >= 4 is 10.9 Å². The number of hydrogen-bond acceptors (Lipinski definition) is 5. The lowest BCUT2D eigenvalue weighted by Gasteiger charge is -2.26. The van der Waals surface area contributed by atoms with E-state index in [0.29, 0.717) is 24.5 Å². The second-order valence-corrected chi connectivity index (χ2v) is 5.95. The predicted molar refractivity (Wildman–Crippen MR) is 85.7 cm³/mol. The van der Waals surface area contributed by atoms with Gasteiger partial charge in [0.2, 0.25) is 0 Å². The zero-order chi connectivity index (χ0) is 16.2. The van der Waals surface area contributed by atoms with Crippen LogP contribution in [0, 0.1) is 11.3 Å². The molecule has 0 spiro atoms. The van der Waals surface area contributed by atoms with Gasteiger partial charge in [0.05, 0.1) is 5.52 Å². The van der Waals surface area contributed by atoms with Crippen molar-refractivity contribution in [2.45, 2.75) is 25.5 Å². The van der Waals surface area contributed by atoms with Crippen molar-refractivity contribution in [2.24, 2.45) is 5.73 Å². The second-order valence-electron chi connectivity index (χ2n) is 5.95. The summed E-state index contributed by atoms with van der Waals surface area (Å²) in [6, 6.07) is 9.36. The summed E-state index contributed by atoms with van der Waals surface area (Å²) in [4.78, 5) is 3.00. The number of nitrogens with two attached hydrogens (primary N) is 1. The van der Waals surface area contributed by atoms with Crippen LogP contribution >= 0.6 is 0 Å². The number of rotatable bonds is 7. The highest BCUT2D eigenvalue weighted by Gasteiger charge is 2.17. The zero-order valence-corrected chi connectivity index (χ0v) is 12.9. The SMILES string of the molecule is CC(C)(CN)NCC(O)COc1cccc2[nH]c(C#N)cc12. The van der Waals surface area contributed by atoms with Crippen molar-refractivity contribution in [1.82, 2.24) is 10.3 Å². The highest BCUT2D eigenvalue weighted by atomic mass is 16.5. The lowest BCUT2D eigenvalue weighted by Crippen LogP contribution is -2.49. The van der Waals surface area contributed by atoms with E-state index in [1.807, 2.05) is 32.0 Å². The summed E-state index contributed by atoms with van der Waals surface area (Å²) >= 11 is 0. The van der Waals surface area contributed by atoms with Gasteiger partial charge in [-0.15, -0.1) is 0 Å². The zero-order valence-electron chi connectivity index (χ0n) is 12.9. The Morgan fingerprint density at radius 2 is 2.27 bits per heavy atom. The molecule has 1 heterocycles. The van der Waals surface area contributed by atoms with Crippen molar-refractivity contribution in [2.75, 3.05) is 19.7 Å². The Morgan fingerprint density at radius 3 is 2.95 bits per heavy atom. The van der Waals surface area contributed by atoms with E-state index in [1.165, 1.54) is 0 Å². The monoisotopic (exact) mass is 302 g/mol. The number of aromatic amines is 1. The molecule has 0 aliphatic carbocycles. The molecule has 0 aliphatic rings. The van der Waals surface area contributed by atoms with E-state index in [-0.39, 0.29) is 12.1 Å². The van der Waals surface area contributed by atoms with Gasteiger partial charge in [0, 0.05) is 24.0 Å². The maximum Gasteiger partial charge on any atom is 0.128 e. The van der Waals surface area contributed by atoms with Gasteiger partial charge in [0.25, 0.3) is 0 Å². The first-order valence-corrected chi connectivity index (χ1v) is 7.23. The Labute approximate surface area is 129 Å². The fourth-order valence-electron chi connectivity index (χ4n) is 2.02. The van der Waals surface area contributed by atoms with Crippen LogP contribution in [0.25, 0.3) is 10.9 Å². The van der Waals surface area contributed by atoms with E-state index in [2.05, 4.69) is 16.4 Å². The Morgan fingerprint density at radius 1 is 1.50 bits per heavy atom. The largest absolute Gasteiger partial charge is 0.490 e. The number of ether oxygens (including phenoxy) is 1. The van der Waals surface area contributed by atoms with Gasteiger partial charge in [-0.3, -0.25) is 0 Å². The van der Waals surface area contributed by atoms with E-state index in [4.69, 9.17) is 15.7 Å². The van der Waals surface area contributed by atoms with Gasteiger partial charge in [0.15, 0.2) is 0 Å². The number of H-pyrrole nitrogens is 1. The number of nitrogens with one attached hydrogen (secondary N) is 2. The van der Waals surface area contributed by atoms with Gasteiger partial charge in [0.1, 0.15) is 30.2 Å². The van der Waals surface area contributed by atoms with Crippen LogP contribution in [0.2, 0.25) is 0 Å². The lowest BCUT2D eigenvalue weighted by atomic mass is 10.1.